The quantitative estimate of drug-likeness (QED) is 0.705. The average Bonchev–Trinajstić information content (AvgIpc) is 2.59. The number of likely N-dealkylation sites (tertiary alicyclic amines) is 1. The van der Waals surface area contributed by atoms with Gasteiger partial charge in [0, 0.05) is 18.7 Å². The summed E-state index contributed by atoms with van der Waals surface area (Å²) < 4.78 is 5.08. The second-order valence-corrected chi connectivity index (χ2v) is 3.99. The summed E-state index contributed by atoms with van der Waals surface area (Å²) >= 11 is 0. The summed E-state index contributed by atoms with van der Waals surface area (Å²) in [5.74, 6) is 0. The lowest BCUT2D eigenvalue weighted by Gasteiger charge is -2.21. The number of likely N-dealkylation sites (N-methyl/N-ethyl adjacent to an activating group) is 1. The number of hydrogen-bond acceptors (Lipinski definition) is 3. The number of hydrogen-bond donors (Lipinski definition) is 1. The maximum Gasteiger partial charge on any atom is 0.107 e. The average molecular weight is 181 g/mol. The van der Waals surface area contributed by atoms with Crippen molar-refractivity contribution in [2.75, 3.05) is 20.1 Å². The summed E-state index contributed by atoms with van der Waals surface area (Å²) in [6.45, 7) is 3.61. The maximum atomic E-state index is 10.3. The van der Waals surface area contributed by atoms with Crippen molar-refractivity contribution in [1.29, 1.82) is 0 Å². The van der Waals surface area contributed by atoms with Crippen LogP contribution in [-0.2, 0) is 5.60 Å². The minimum Gasteiger partial charge on any atom is -0.472 e. The molecular weight excluding hydrogens is 166 g/mol. The van der Waals surface area contributed by atoms with E-state index in [4.69, 9.17) is 4.42 Å². The third kappa shape index (κ3) is 1.38. The van der Waals surface area contributed by atoms with E-state index in [1.807, 2.05) is 14.0 Å². The summed E-state index contributed by atoms with van der Waals surface area (Å²) in [6.07, 6.45) is 4.14. The van der Waals surface area contributed by atoms with Gasteiger partial charge in [0.25, 0.3) is 0 Å². The SMILES string of the molecule is Cc1cocc1C1(O)CCN(C)C1. The van der Waals surface area contributed by atoms with Crippen LogP contribution in [0.15, 0.2) is 16.9 Å². The Morgan fingerprint density at radius 1 is 1.54 bits per heavy atom. The Morgan fingerprint density at radius 3 is 2.77 bits per heavy atom. The molecule has 0 bridgehead atoms. The highest BCUT2D eigenvalue weighted by atomic mass is 16.3. The van der Waals surface area contributed by atoms with Crippen molar-refractivity contribution in [3.63, 3.8) is 0 Å². The molecule has 1 unspecified atom stereocenters. The van der Waals surface area contributed by atoms with Crippen molar-refractivity contribution in [3.05, 3.63) is 23.7 Å². The molecule has 1 aromatic rings. The molecule has 1 aliphatic rings. The molecule has 72 valence electrons. The van der Waals surface area contributed by atoms with Crippen LogP contribution in [0, 0.1) is 6.92 Å². The van der Waals surface area contributed by atoms with E-state index in [1.165, 1.54) is 0 Å². The van der Waals surface area contributed by atoms with Crippen LogP contribution in [0.5, 0.6) is 0 Å². The lowest BCUT2D eigenvalue weighted by molar-refractivity contribution is 0.0477. The second kappa shape index (κ2) is 2.86. The molecule has 3 nitrogen and oxygen atoms in total. The Balaban J connectivity index is 2.30. The van der Waals surface area contributed by atoms with Crippen LogP contribution >= 0.6 is 0 Å². The third-order valence-electron chi connectivity index (χ3n) is 2.80. The van der Waals surface area contributed by atoms with E-state index >= 15 is 0 Å². The molecule has 0 aliphatic carbocycles. The van der Waals surface area contributed by atoms with E-state index in [1.54, 1.807) is 12.5 Å². The molecule has 0 spiro atoms. The summed E-state index contributed by atoms with van der Waals surface area (Å²) in [5, 5.41) is 10.3. The van der Waals surface area contributed by atoms with Gasteiger partial charge in [-0.2, -0.15) is 0 Å². The van der Waals surface area contributed by atoms with Crippen LogP contribution in [0.1, 0.15) is 17.5 Å². The number of aliphatic hydroxyl groups is 1. The van der Waals surface area contributed by atoms with E-state index in [9.17, 15) is 5.11 Å². The van der Waals surface area contributed by atoms with Gasteiger partial charge in [0.15, 0.2) is 0 Å². The van der Waals surface area contributed by atoms with Crippen LogP contribution in [0.2, 0.25) is 0 Å². The Hall–Kier alpha value is -0.800. The minimum absolute atomic E-state index is 0.689. The van der Waals surface area contributed by atoms with E-state index < -0.39 is 5.60 Å². The van der Waals surface area contributed by atoms with Crippen LogP contribution in [0.25, 0.3) is 0 Å². The van der Waals surface area contributed by atoms with E-state index in [0.29, 0.717) is 6.54 Å². The van der Waals surface area contributed by atoms with Crippen molar-refractivity contribution in [3.8, 4) is 0 Å². The van der Waals surface area contributed by atoms with Gasteiger partial charge >= 0.3 is 0 Å². The molecule has 1 fully saturated rings. The Labute approximate surface area is 78.0 Å². The van der Waals surface area contributed by atoms with Crippen LogP contribution in [0.4, 0.5) is 0 Å². The first kappa shape index (κ1) is 8.78. The van der Waals surface area contributed by atoms with E-state index in [0.717, 1.165) is 24.1 Å². The molecule has 0 aromatic carbocycles. The normalized spacial score (nSPS) is 29.8. The second-order valence-electron chi connectivity index (χ2n) is 3.99. The highest BCUT2D eigenvalue weighted by Gasteiger charge is 2.37. The molecule has 1 atom stereocenters. The third-order valence-corrected chi connectivity index (χ3v) is 2.80. The molecule has 13 heavy (non-hydrogen) atoms. The zero-order valence-corrected chi connectivity index (χ0v) is 8.08. The molecule has 3 heteroatoms. The largest absolute Gasteiger partial charge is 0.472 e. The number of β-amino-alcohol motifs (C(OH)–C–C–N with tert-alkyl or cyclic N) is 1. The lowest BCUT2D eigenvalue weighted by Crippen LogP contribution is -2.29. The smallest absolute Gasteiger partial charge is 0.107 e. The van der Waals surface area contributed by atoms with Gasteiger partial charge in [-0.15, -0.1) is 0 Å². The van der Waals surface area contributed by atoms with Gasteiger partial charge < -0.3 is 14.4 Å². The standard InChI is InChI=1S/C10H15NO2/c1-8-5-13-6-9(8)10(12)3-4-11(2)7-10/h5-6,12H,3-4,7H2,1-2H3. The predicted molar refractivity (Wildman–Crippen MR) is 49.5 cm³/mol. The van der Waals surface area contributed by atoms with Gasteiger partial charge in [-0.1, -0.05) is 0 Å². The summed E-state index contributed by atoms with van der Waals surface area (Å²) in [6, 6.07) is 0. The number of furan rings is 1. The molecule has 1 saturated heterocycles. The fraction of sp³-hybridized carbons (Fsp3) is 0.600. The zero-order valence-electron chi connectivity index (χ0n) is 8.08. The summed E-state index contributed by atoms with van der Waals surface area (Å²) in [5.41, 5.74) is 1.29. The van der Waals surface area contributed by atoms with Crippen LogP contribution in [-0.4, -0.2) is 30.1 Å². The molecule has 0 radical (unpaired) electrons. The minimum atomic E-state index is -0.689. The first-order valence-electron chi connectivity index (χ1n) is 4.56. The molecule has 1 aromatic heterocycles. The molecule has 2 rings (SSSR count). The van der Waals surface area contributed by atoms with Crippen molar-refractivity contribution in [1.82, 2.24) is 4.90 Å². The highest BCUT2D eigenvalue weighted by molar-refractivity contribution is 5.27. The van der Waals surface area contributed by atoms with Gasteiger partial charge in [-0.3, -0.25) is 0 Å². The fourth-order valence-electron chi connectivity index (χ4n) is 2.04. The van der Waals surface area contributed by atoms with Crippen molar-refractivity contribution < 1.29 is 9.52 Å². The molecule has 0 amide bonds. The number of rotatable bonds is 1. The predicted octanol–water partition coefficient (Wildman–Crippen LogP) is 1.11. The molecular formula is C10H15NO2. The van der Waals surface area contributed by atoms with Crippen LogP contribution in [0.3, 0.4) is 0 Å². The van der Waals surface area contributed by atoms with Crippen LogP contribution < -0.4 is 0 Å². The Morgan fingerprint density at radius 2 is 2.31 bits per heavy atom. The Bertz CT molecular complexity index is 308. The zero-order chi connectivity index (χ0) is 9.47. The first-order valence-corrected chi connectivity index (χ1v) is 4.56. The van der Waals surface area contributed by atoms with Gasteiger partial charge in [-0.05, 0) is 26.0 Å². The first-order chi connectivity index (χ1) is 6.12. The number of nitrogens with zero attached hydrogens (tertiary/aromatic N) is 1. The molecule has 2 heterocycles. The number of aryl methyl sites for hydroxylation is 1. The van der Waals surface area contributed by atoms with Gasteiger partial charge in [0.1, 0.15) is 5.60 Å². The summed E-state index contributed by atoms with van der Waals surface area (Å²) in [7, 11) is 2.02. The van der Waals surface area contributed by atoms with Gasteiger partial charge in [-0.25, -0.2) is 0 Å². The molecule has 1 aliphatic heterocycles. The van der Waals surface area contributed by atoms with E-state index in [2.05, 4.69) is 4.90 Å². The lowest BCUT2D eigenvalue weighted by atomic mass is 9.93. The molecule has 1 N–H and O–H groups in total. The fourth-order valence-corrected chi connectivity index (χ4v) is 2.04. The topological polar surface area (TPSA) is 36.6 Å². The van der Waals surface area contributed by atoms with Gasteiger partial charge in [0.05, 0.1) is 12.5 Å². The van der Waals surface area contributed by atoms with E-state index in [-0.39, 0.29) is 0 Å². The highest BCUT2D eigenvalue weighted by Crippen LogP contribution is 2.33. The van der Waals surface area contributed by atoms with Crippen molar-refractivity contribution >= 4 is 0 Å². The van der Waals surface area contributed by atoms with Gasteiger partial charge in [0.2, 0.25) is 0 Å². The molecule has 0 saturated carbocycles. The summed E-state index contributed by atoms with van der Waals surface area (Å²) in [4.78, 5) is 2.13. The van der Waals surface area contributed by atoms with Crippen molar-refractivity contribution in [2.45, 2.75) is 18.9 Å². The van der Waals surface area contributed by atoms with Crippen molar-refractivity contribution in [2.24, 2.45) is 0 Å². The Kier molecular flexibility index (Phi) is 1.93. The monoisotopic (exact) mass is 181 g/mol. The maximum absolute atomic E-state index is 10.3.